The first kappa shape index (κ1) is 22.9. The molecule has 1 heterocycles. The number of piperazine rings is 1. The van der Waals surface area contributed by atoms with Gasteiger partial charge in [0.2, 0.25) is 15.9 Å². The van der Waals surface area contributed by atoms with Gasteiger partial charge in [0.15, 0.2) is 0 Å². The van der Waals surface area contributed by atoms with Crippen molar-refractivity contribution in [3.8, 4) is 6.07 Å². The Morgan fingerprint density at radius 3 is 2.00 bits per heavy atom. The molecule has 1 unspecified atom stereocenters. The van der Waals surface area contributed by atoms with Gasteiger partial charge < -0.3 is 5.73 Å². The number of nitrogens with zero attached hydrogens (tertiary/aromatic N) is 3. The van der Waals surface area contributed by atoms with Crippen LogP contribution < -0.4 is 5.73 Å². The van der Waals surface area contributed by atoms with Crippen LogP contribution in [0, 0.1) is 11.3 Å². The van der Waals surface area contributed by atoms with Crippen molar-refractivity contribution in [2.24, 2.45) is 5.73 Å². The highest BCUT2D eigenvalue weighted by Gasteiger charge is 2.33. The molecule has 2 aromatic carbocycles. The Hall–Kier alpha value is -2.73. The molecule has 31 heavy (non-hydrogen) atoms. The number of amides is 1. The number of hydrogen-bond acceptors (Lipinski definition) is 5. The van der Waals surface area contributed by atoms with Crippen LogP contribution in [0.3, 0.4) is 0 Å². The number of carbonyl (C=O) groups is 1. The molecule has 0 aromatic heterocycles. The van der Waals surface area contributed by atoms with E-state index in [1.807, 2.05) is 23.1 Å². The largest absolute Gasteiger partial charge is 0.368 e. The summed E-state index contributed by atoms with van der Waals surface area (Å²) in [6.07, 6.45) is 0. The van der Waals surface area contributed by atoms with Gasteiger partial charge in [-0.25, -0.2) is 8.42 Å². The Balaban J connectivity index is 1.73. The van der Waals surface area contributed by atoms with Crippen LogP contribution in [0.1, 0.15) is 43.5 Å². The number of carbonyl (C=O) groups excluding carboxylic acids is 1. The predicted molar refractivity (Wildman–Crippen MR) is 119 cm³/mol. The van der Waals surface area contributed by atoms with Gasteiger partial charge in [-0.05, 0) is 40.8 Å². The average molecular weight is 441 g/mol. The van der Waals surface area contributed by atoms with E-state index in [9.17, 15) is 13.2 Å². The number of nitrogens with two attached hydrogens (primary N) is 1. The molecule has 1 amide bonds. The molecule has 3 rings (SSSR count). The molecule has 2 N–H and O–H groups in total. The zero-order chi connectivity index (χ0) is 22.8. The third kappa shape index (κ3) is 4.96. The molecule has 0 spiro atoms. The van der Waals surface area contributed by atoms with E-state index >= 15 is 0 Å². The second kappa shape index (κ2) is 8.79. The maximum absolute atomic E-state index is 13.1. The van der Waals surface area contributed by atoms with Gasteiger partial charge in [-0.15, -0.1) is 0 Å². The molecule has 0 saturated carbocycles. The molecular formula is C23H28N4O3S. The molecule has 2 aromatic rings. The smallest absolute Gasteiger partial charge is 0.243 e. The molecule has 0 bridgehead atoms. The van der Waals surface area contributed by atoms with Crippen molar-refractivity contribution in [3.63, 3.8) is 0 Å². The summed E-state index contributed by atoms with van der Waals surface area (Å²) >= 11 is 0. The molecule has 0 aliphatic carbocycles. The van der Waals surface area contributed by atoms with Gasteiger partial charge in [0, 0.05) is 26.2 Å². The van der Waals surface area contributed by atoms with Gasteiger partial charge in [0.25, 0.3) is 0 Å². The van der Waals surface area contributed by atoms with Crippen LogP contribution in [0.5, 0.6) is 0 Å². The Kier molecular flexibility index (Phi) is 6.51. The zero-order valence-corrected chi connectivity index (χ0v) is 18.9. The topological polar surface area (TPSA) is 108 Å². The van der Waals surface area contributed by atoms with E-state index in [-0.39, 0.29) is 23.4 Å². The van der Waals surface area contributed by atoms with Crippen molar-refractivity contribution in [2.75, 3.05) is 26.2 Å². The second-order valence-corrected chi connectivity index (χ2v) is 10.7. The molecule has 1 aliphatic heterocycles. The lowest BCUT2D eigenvalue weighted by Gasteiger charge is -2.37. The standard InChI is InChI=1S/C23H28N4O3S/c1-23(2,3)19-8-10-20(11-9-19)31(29,30)27-14-12-26(13-15-27)21(22(25)28)18-6-4-17(16-24)5-7-18/h4-11,21H,12-15H2,1-3H3,(H2,25,28). The number of hydrogen-bond donors (Lipinski definition) is 1. The van der Waals surface area contributed by atoms with Crippen molar-refractivity contribution in [1.29, 1.82) is 5.26 Å². The summed E-state index contributed by atoms with van der Waals surface area (Å²) < 4.78 is 27.6. The van der Waals surface area contributed by atoms with Gasteiger partial charge in [-0.3, -0.25) is 9.69 Å². The zero-order valence-electron chi connectivity index (χ0n) is 18.1. The van der Waals surface area contributed by atoms with Crippen molar-refractivity contribution in [3.05, 3.63) is 65.2 Å². The highest BCUT2D eigenvalue weighted by atomic mass is 32.2. The predicted octanol–water partition coefficient (Wildman–Crippen LogP) is 2.39. The molecule has 1 saturated heterocycles. The molecular weight excluding hydrogens is 412 g/mol. The van der Waals surface area contributed by atoms with Crippen LogP contribution in [0.25, 0.3) is 0 Å². The molecule has 1 fully saturated rings. The first-order valence-corrected chi connectivity index (χ1v) is 11.6. The fraction of sp³-hybridized carbons (Fsp3) is 0.391. The van der Waals surface area contributed by atoms with E-state index in [0.29, 0.717) is 24.2 Å². The summed E-state index contributed by atoms with van der Waals surface area (Å²) in [5, 5.41) is 8.96. The van der Waals surface area contributed by atoms with Gasteiger partial charge in [0.05, 0.1) is 16.5 Å². The second-order valence-electron chi connectivity index (χ2n) is 8.75. The Morgan fingerprint density at radius 2 is 1.55 bits per heavy atom. The van der Waals surface area contributed by atoms with Gasteiger partial charge >= 0.3 is 0 Å². The quantitative estimate of drug-likeness (QED) is 0.768. The van der Waals surface area contributed by atoms with E-state index in [1.165, 1.54) is 4.31 Å². The fourth-order valence-electron chi connectivity index (χ4n) is 3.77. The van der Waals surface area contributed by atoms with E-state index in [2.05, 4.69) is 20.8 Å². The van der Waals surface area contributed by atoms with E-state index in [4.69, 9.17) is 11.0 Å². The van der Waals surface area contributed by atoms with Crippen LogP contribution in [-0.4, -0.2) is 49.7 Å². The van der Waals surface area contributed by atoms with Gasteiger partial charge in [-0.1, -0.05) is 45.0 Å². The summed E-state index contributed by atoms with van der Waals surface area (Å²) in [7, 11) is -3.61. The third-order valence-electron chi connectivity index (χ3n) is 5.62. The molecule has 7 nitrogen and oxygen atoms in total. The minimum absolute atomic E-state index is 0.0524. The van der Waals surface area contributed by atoms with E-state index < -0.39 is 22.0 Å². The number of nitriles is 1. The summed E-state index contributed by atoms with van der Waals surface area (Å²) in [5.74, 6) is -0.501. The average Bonchev–Trinajstić information content (AvgIpc) is 2.74. The van der Waals surface area contributed by atoms with Crippen molar-refractivity contribution < 1.29 is 13.2 Å². The number of sulfonamides is 1. The SMILES string of the molecule is CC(C)(C)c1ccc(S(=O)(=O)N2CCN(C(C(N)=O)c3ccc(C#N)cc3)CC2)cc1. The Labute approximate surface area is 184 Å². The van der Waals surface area contributed by atoms with Gasteiger partial charge in [0.1, 0.15) is 6.04 Å². The summed E-state index contributed by atoms with van der Waals surface area (Å²) in [6, 6.07) is 15.1. The molecule has 164 valence electrons. The van der Waals surface area contributed by atoms with Crippen LogP contribution >= 0.6 is 0 Å². The molecule has 8 heteroatoms. The highest BCUT2D eigenvalue weighted by Crippen LogP contribution is 2.27. The molecule has 0 radical (unpaired) electrons. The van der Waals surface area contributed by atoms with Crippen LogP contribution in [-0.2, 0) is 20.2 Å². The monoisotopic (exact) mass is 440 g/mol. The number of rotatable bonds is 5. The fourth-order valence-corrected chi connectivity index (χ4v) is 5.20. The van der Waals surface area contributed by atoms with E-state index in [1.54, 1.807) is 36.4 Å². The number of benzene rings is 2. The normalized spacial score (nSPS) is 17.1. The summed E-state index contributed by atoms with van der Waals surface area (Å²) in [4.78, 5) is 14.3. The molecule has 1 aliphatic rings. The van der Waals surface area contributed by atoms with Crippen LogP contribution in [0.4, 0.5) is 0 Å². The summed E-state index contributed by atoms with van der Waals surface area (Å²) in [6.45, 7) is 7.54. The Bertz CT molecular complexity index is 1070. The first-order valence-electron chi connectivity index (χ1n) is 10.2. The third-order valence-corrected chi connectivity index (χ3v) is 7.53. The highest BCUT2D eigenvalue weighted by molar-refractivity contribution is 7.89. The first-order chi connectivity index (χ1) is 14.5. The lowest BCUT2D eigenvalue weighted by atomic mass is 9.87. The van der Waals surface area contributed by atoms with Crippen molar-refractivity contribution in [2.45, 2.75) is 37.1 Å². The Morgan fingerprint density at radius 1 is 1.00 bits per heavy atom. The van der Waals surface area contributed by atoms with Crippen LogP contribution in [0.2, 0.25) is 0 Å². The van der Waals surface area contributed by atoms with Crippen LogP contribution in [0.15, 0.2) is 53.4 Å². The molecule has 1 atom stereocenters. The minimum Gasteiger partial charge on any atom is -0.368 e. The minimum atomic E-state index is -3.61. The maximum atomic E-state index is 13.1. The maximum Gasteiger partial charge on any atom is 0.243 e. The van der Waals surface area contributed by atoms with Crippen molar-refractivity contribution in [1.82, 2.24) is 9.21 Å². The van der Waals surface area contributed by atoms with Crippen molar-refractivity contribution >= 4 is 15.9 Å². The van der Waals surface area contributed by atoms with E-state index in [0.717, 1.165) is 5.56 Å². The summed E-state index contributed by atoms with van der Waals surface area (Å²) in [5.41, 5.74) is 7.87. The van der Waals surface area contributed by atoms with Gasteiger partial charge in [-0.2, -0.15) is 9.57 Å². The lowest BCUT2D eigenvalue weighted by Crippen LogP contribution is -2.51. The number of primary amides is 1. The lowest BCUT2D eigenvalue weighted by molar-refractivity contribution is -0.124.